The third-order valence-electron chi connectivity index (χ3n) is 3.73. The Morgan fingerprint density at radius 2 is 1.71 bits per heavy atom. The standard InChI is InChI=1S/C18H31NO2/c1-13(2)10-15-6-8-16(9-7-15)18(20)11-19-17(12-21-5)14(3)4/h6-9,13-14,17-20H,10-12H2,1-5H3. The average molecular weight is 293 g/mol. The summed E-state index contributed by atoms with van der Waals surface area (Å²) in [4.78, 5) is 0. The second-order valence-electron chi connectivity index (χ2n) is 6.57. The summed E-state index contributed by atoms with van der Waals surface area (Å²) < 4.78 is 5.21. The average Bonchev–Trinajstić information content (AvgIpc) is 2.43. The van der Waals surface area contributed by atoms with E-state index in [-0.39, 0.29) is 6.04 Å². The quantitative estimate of drug-likeness (QED) is 0.735. The van der Waals surface area contributed by atoms with Crippen LogP contribution >= 0.6 is 0 Å². The van der Waals surface area contributed by atoms with Gasteiger partial charge in [0.25, 0.3) is 0 Å². The van der Waals surface area contributed by atoms with Crippen molar-refractivity contribution >= 4 is 0 Å². The van der Waals surface area contributed by atoms with Gasteiger partial charge in [0.15, 0.2) is 0 Å². The molecule has 1 aromatic carbocycles. The van der Waals surface area contributed by atoms with Crippen LogP contribution in [0.25, 0.3) is 0 Å². The SMILES string of the molecule is COCC(NCC(O)c1ccc(CC(C)C)cc1)C(C)C. The highest BCUT2D eigenvalue weighted by atomic mass is 16.5. The molecule has 21 heavy (non-hydrogen) atoms. The molecule has 0 heterocycles. The third-order valence-corrected chi connectivity index (χ3v) is 3.73. The Morgan fingerprint density at radius 1 is 1.10 bits per heavy atom. The predicted molar refractivity (Wildman–Crippen MR) is 88.4 cm³/mol. The zero-order valence-corrected chi connectivity index (χ0v) is 14.1. The minimum absolute atomic E-state index is 0.268. The molecule has 0 fully saturated rings. The van der Waals surface area contributed by atoms with Gasteiger partial charge in [0.2, 0.25) is 0 Å². The summed E-state index contributed by atoms with van der Waals surface area (Å²) in [6.45, 7) is 9.96. The number of aliphatic hydroxyl groups excluding tert-OH is 1. The highest BCUT2D eigenvalue weighted by molar-refractivity contribution is 5.24. The summed E-state index contributed by atoms with van der Waals surface area (Å²) in [5, 5.41) is 13.7. The van der Waals surface area contributed by atoms with Gasteiger partial charge < -0.3 is 15.2 Å². The van der Waals surface area contributed by atoms with Gasteiger partial charge in [0, 0.05) is 19.7 Å². The fourth-order valence-electron chi connectivity index (χ4n) is 2.39. The summed E-state index contributed by atoms with van der Waals surface area (Å²) >= 11 is 0. The third kappa shape index (κ3) is 6.60. The molecule has 0 aliphatic rings. The molecular weight excluding hydrogens is 262 g/mol. The molecule has 0 saturated heterocycles. The largest absolute Gasteiger partial charge is 0.387 e. The minimum atomic E-state index is -0.476. The molecule has 3 heteroatoms. The second kappa shape index (κ2) is 9.19. The van der Waals surface area contributed by atoms with Gasteiger partial charge in [-0.1, -0.05) is 52.0 Å². The van der Waals surface area contributed by atoms with Gasteiger partial charge in [-0.15, -0.1) is 0 Å². The van der Waals surface area contributed by atoms with Gasteiger partial charge >= 0.3 is 0 Å². The molecule has 0 bridgehead atoms. The number of benzene rings is 1. The van der Waals surface area contributed by atoms with Crippen LogP contribution in [-0.2, 0) is 11.2 Å². The monoisotopic (exact) mass is 293 g/mol. The van der Waals surface area contributed by atoms with E-state index in [1.165, 1.54) is 5.56 Å². The number of aliphatic hydroxyl groups is 1. The van der Waals surface area contributed by atoms with Crippen molar-refractivity contribution in [2.45, 2.75) is 46.3 Å². The van der Waals surface area contributed by atoms with Crippen molar-refractivity contribution < 1.29 is 9.84 Å². The van der Waals surface area contributed by atoms with Crippen molar-refractivity contribution in [1.29, 1.82) is 0 Å². The van der Waals surface area contributed by atoms with Gasteiger partial charge in [0.05, 0.1) is 12.7 Å². The Hall–Kier alpha value is -0.900. The van der Waals surface area contributed by atoms with Crippen LogP contribution in [0.15, 0.2) is 24.3 Å². The van der Waals surface area contributed by atoms with Gasteiger partial charge in [-0.05, 0) is 29.4 Å². The van der Waals surface area contributed by atoms with Crippen molar-refractivity contribution in [3.63, 3.8) is 0 Å². The highest BCUT2D eigenvalue weighted by Crippen LogP contribution is 2.16. The van der Waals surface area contributed by atoms with E-state index in [9.17, 15) is 5.11 Å². The summed E-state index contributed by atoms with van der Waals surface area (Å²) in [7, 11) is 1.71. The number of ether oxygens (including phenoxy) is 1. The van der Waals surface area contributed by atoms with E-state index < -0.39 is 6.10 Å². The van der Waals surface area contributed by atoms with E-state index in [1.807, 2.05) is 12.1 Å². The Labute approximate surface area is 129 Å². The second-order valence-corrected chi connectivity index (χ2v) is 6.57. The topological polar surface area (TPSA) is 41.5 Å². The van der Waals surface area contributed by atoms with E-state index >= 15 is 0 Å². The van der Waals surface area contributed by atoms with Crippen molar-refractivity contribution in [3.8, 4) is 0 Å². The molecule has 0 spiro atoms. The van der Waals surface area contributed by atoms with E-state index in [1.54, 1.807) is 7.11 Å². The molecule has 0 aliphatic heterocycles. The first-order chi connectivity index (χ1) is 9.93. The molecule has 2 atom stereocenters. The highest BCUT2D eigenvalue weighted by Gasteiger charge is 2.15. The van der Waals surface area contributed by atoms with Crippen LogP contribution in [0.1, 0.15) is 44.9 Å². The first kappa shape index (κ1) is 18.1. The lowest BCUT2D eigenvalue weighted by Crippen LogP contribution is -2.39. The number of rotatable bonds is 9. The maximum atomic E-state index is 10.3. The van der Waals surface area contributed by atoms with Gasteiger partial charge in [-0.25, -0.2) is 0 Å². The Bertz CT molecular complexity index is 387. The molecule has 1 aromatic rings. The summed E-state index contributed by atoms with van der Waals surface area (Å²) in [6, 6.07) is 8.57. The van der Waals surface area contributed by atoms with Crippen LogP contribution in [0.4, 0.5) is 0 Å². The molecule has 0 aromatic heterocycles. The first-order valence-electron chi connectivity index (χ1n) is 7.93. The van der Waals surface area contributed by atoms with Gasteiger partial charge in [-0.2, -0.15) is 0 Å². The van der Waals surface area contributed by atoms with Crippen molar-refractivity contribution in [1.82, 2.24) is 5.32 Å². The van der Waals surface area contributed by atoms with Gasteiger partial charge in [-0.3, -0.25) is 0 Å². The Kier molecular flexibility index (Phi) is 7.94. The molecule has 1 rings (SSSR count). The predicted octanol–water partition coefficient (Wildman–Crippen LogP) is 3.18. The lowest BCUT2D eigenvalue weighted by atomic mass is 10.00. The number of hydrogen-bond donors (Lipinski definition) is 2. The number of methoxy groups -OCH3 is 1. The van der Waals surface area contributed by atoms with Crippen LogP contribution in [0.2, 0.25) is 0 Å². The molecule has 0 saturated carbocycles. The van der Waals surface area contributed by atoms with E-state index in [0.29, 0.717) is 25.0 Å². The summed E-state index contributed by atoms with van der Waals surface area (Å²) in [5.41, 5.74) is 2.29. The molecule has 0 amide bonds. The van der Waals surface area contributed by atoms with E-state index in [0.717, 1.165) is 12.0 Å². The van der Waals surface area contributed by atoms with Crippen LogP contribution in [0.5, 0.6) is 0 Å². The Balaban J connectivity index is 2.52. The summed E-state index contributed by atoms with van der Waals surface area (Å²) in [5.74, 6) is 1.13. The minimum Gasteiger partial charge on any atom is -0.387 e. The maximum absolute atomic E-state index is 10.3. The molecule has 0 aliphatic carbocycles. The fraction of sp³-hybridized carbons (Fsp3) is 0.667. The van der Waals surface area contributed by atoms with Crippen LogP contribution in [-0.4, -0.2) is 31.4 Å². The lowest BCUT2D eigenvalue weighted by molar-refractivity contribution is 0.124. The molecule has 120 valence electrons. The maximum Gasteiger partial charge on any atom is 0.0914 e. The molecule has 3 nitrogen and oxygen atoms in total. The van der Waals surface area contributed by atoms with Crippen molar-refractivity contribution in [2.24, 2.45) is 11.8 Å². The molecular formula is C18H31NO2. The fourth-order valence-corrected chi connectivity index (χ4v) is 2.39. The van der Waals surface area contributed by atoms with Gasteiger partial charge in [0.1, 0.15) is 0 Å². The van der Waals surface area contributed by atoms with Crippen LogP contribution in [0, 0.1) is 11.8 Å². The van der Waals surface area contributed by atoms with E-state index in [4.69, 9.17) is 4.74 Å². The lowest BCUT2D eigenvalue weighted by Gasteiger charge is -2.23. The number of hydrogen-bond acceptors (Lipinski definition) is 3. The van der Waals surface area contributed by atoms with Crippen LogP contribution in [0.3, 0.4) is 0 Å². The molecule has 2 N–H and O–H groups in total. The first-order valence-corrected chi connectivity index (χ1v) is 7.93. The zero-order chi connectivity index (χ0) is 15.8. The summed E-state index contributed by atoms with van der Waals surface area (Å²) in [6.07, 6.45) is 0.606. The number of nitrogens with one attached hydrogen (secondary N) is 1. The zero-order valence-electron chi connectivity index (χ0n) is 14.1. The molecule has 0 radical (unpaired) electrons. The van der Waals surface area contributed by atoms with Crippen molar-refractivity contribution in [2.75, 3.05) is 20.3 Å². The Morgan fingerprint density at radius 3 is 2.19 bits per heavy atom. The smallest absolute Gasteiger partial charge is 0.0914 e. The normalized spacial score (nSPS) is 14.7. The van der Waals surface area contributed by atoms with Crippen LogP contribution < -0.4 is 5.32 Å². The van der Waals surface area contributed by atoms with E-state index in [2.05, 4.69) is 45.1 Å². The van der Waals surface area contributed by atoms with Crippen molar-refractivity contribution in [3.05, 3.63) is 35.4 Å². The molecule has 2 unspecified atom stereocenters.